The Morgan fingerprint density at radius 1 is 0.556 bits per heavy atom. The minimum atomic E-state index is -0.367. The van der Waals surface area contributed by atoms with Crippen LogP contribution < -0.4 is 0 Å². The van der Waals surface area contributed by atoms with E-state index in [1.54, 1.807) is 0 Å². The van der Waals surface area contributed by atoms with Crippen molar-refractivity contribution in [3.8, 4) is 0 Å². The van der Waals surface area contributed by atoms with Crippen LogP contribution in [0.25, 0.3) is 0 Å². The second kappa shape index (κ2) is 21.4. The van der Waals surface area contributed by atoms with E-state index in [2.05, 4.69) is 13.8 Å². The fourth-order valence-corrected chi connectivity index (χ4v) is 7.43. The number of hydrogen-bond acceptors (Lipinski definition) is 2. The monoisotopic (exact) mass is 490 g/mol. The first-order chi connectivity index (χ1) is 13.2. The summed E-state index contributed by atoms with van der Waals surface area (Å²) in [6.07, 6.45) is 22.2. The number of aliphatic hydroxyl groups excluding tert-OH is 1. The van der Waals surface area contributed by atoms with Gasteiger partial charge < -0.3 is 0 Å². The molecule has 0 bridgehead atoms. The third-order valence-corrected chi connectivity index (χ3v) is 9.79. The molecule has 162 valence electrons. The first-order valence-electron chi connectivity index (χ1n) is 12.2. The third-order valence-electron chi connectivity index (χ3n) is 5.75. The van der Waals surface area contributed by atoms with Gasteiger partial charge in [-0.3, -0.25) is 0 Å². The molecule has 0 fully saturated rings. The fourth-order valence-electron chi connectivity index (χ4n) is 3.86. The van der Waals surface area contributed by atoms with Crippen molar-refractivity contribution in [1.82, 2.24) is 0 Å². The van der Waals surface area contributed by atoms with Crippen LogP contribution in [0.2, 0.25) is 8.87 Å². The van der Waals surface area contributed by atoms with Crippen LogP contribution in [0.15, 0.2) is 0 Å². The normalized spacial score (nSPS) is 12.0. The summed E-state index contributed by atoms with van der Waals surface area (Å²) in [5, 5.41) is 19.9. The number of unbranched alkanes of at least 4 members (excludes halogenated alkanes) is 11. The molecular formula is C24H50O2Sn. The van der Waals surface area contributed by atoms with Gasteiger partial charge in [-0.25, -0.2) is 0 Å². The van der Waals surface area contributed by atoms with Gasteiger partial charge in [-0.05, 0) is 0 Å². The molecule has 0 saturated carbocycles. The molecule has 0 aliphatic rings. The van der Waals surface area contributed by atoms with Crippen molar-refractivity contribution < 1.29 is 10.2 Å². The summed E-state index contributed by atoms with van der Waals surface area (Å²) < 4.78 is 3.04. The summed E-state index contributed by atoms with van der Waals surface area (Å²) in [6.45, 7) is 4.88. The average Bonchev–Trinajstić information content (AvgIpc) is 2.67. The predicted octanol–water partition coefficient (Wildman–Crippen LogP) is 7.31. The zero-order chi connectivity index (χ0) is 20.1. The SMILES string of the molecule is CCCCCCC(O)(CCCCCC)CCCC[CH2][Sn][CH2]CCCCCO. The van der Waals surface area contributed by atoms with E-state index < -0.39 is 0 Å². The molecule has 0 saturated heterocycles. The zero-order valence-corrected chi connectivity index (χ0v) is 21.6. The molecule has 2 N–H and O–H groups in total. The summed E-state index contributed by atoms with van der Waals surface area (Å²) in [7, 11) is 0. The van der Waals surface area contributed by atoms with Gasteiger partial charge in [-0.2, -0.15) is 0 Å². The summed E-state index contributed by atoms with van der Waals surface area (Å²) in [5.74, 6) is 0. The first kappa shape index (κ1) is 27.7. The van der Waals surface area contributed by atoms with E-state index in [-0.39, 0.29) is 26.7 Å². The van der Waals surface area contributed by atoms with E-state index in [0.717, 1.165) is 25.7 Å². The Bertz CT molecular complexity index is 272. The van der Waals surface area contributed by atoms with Crippen molar-refractivity contribution in [2.75, 3.05) is 6.61 Å². The Balaban J connectivity index is 3.79. The van der Waals surface area contributed by atoms with Crippen LogP contribution in [0.4, 0.5) is 0 Å². The molecule has 0 unspecified atom stereocenters. The predicted molar refractivity (Wildman–Crippen MR) is 122 cm³/mol. The van der Waals surface area contributed by atoms with Crippen LogP contribution in [0.3, 0.4) is 0 Å². The molecule has 0 aliphatic heterocycles. The van der Waals surface area contributed by atoms with E-state index in [1.807, 2.05) is 0 Å². The summed E-state index contributed by atoms with van der Waals surface area (Å²) in [5.41, 5.74) is -0.367. The van der Waals surface area contributed by atoms with Crippen LogP contribution in [-0.4, -0.2) is 43.6 Å². The van der Waals surface area contributed by atoms with E-state index in [9.17, 15) is 5.11 Å². The molecule has 0 aliphatic carbocycles. The standard InChI is InChI=1S/C18H37O.C6H13O.Sn/c1-4-7-10-13-16-18(19,15-12-9-6-3)17-14-11-8-5-2;1-2-3-4-5-6-7;/h19H,3-17H2,1-2H3;7H,1-6H2;. The van der Waals surface area contributed by atoms with Crippen molar-refractivity contribution in [3.05, 3.63) is 0 Å². The van der Waals surface area contributed by atoms with Gasteiger partial charge in [-0.15, -0.1) is 0 Å². The van der Waals surface area contributed by atoms with Crippen LogP contribution in [0.1, 0.15) is 129 Å². The quantitative estimate of drug-likeness (QED) is 0.124. The topological polar surface area (TPSA) is 40.5 Å². The van der Waals surface area contributed by atoms with Gasteiger partial charge in [0.2, 0.25) is 0 Å². The van der Waals surface area contributed by atoms with E-state index in [0.29, 0.717) is 6.61 Å². The van der Waals surface area contributed by atoms with Crippen molar-refractivity contribution in [3.63, 3.8) is 0 Å². The molecule has 2 radical (unpaired) electrons. The van der Waals surface area contributed by atoms with Gasteiger partial charge in [0, 0.05) is 0 Å². The van der Waals surface area contributed by atoms with Gasteiger partial charge in [0.25, 0.3) is 0 Å². The molecule has 0 aromatic carbocycles. The van der Waals surface area contributed by atoms with Crippen molar-refractivity contribution in [2.24, 2.45) is 0 Å². The Hall–Kier alpha value is 0.719. The molecule has 0 aromatic rings. The van der Waals surface area contributed by atoms with Gasteiger partial charge in [0.1, 0.15) is 0 Å². The van der Waals surface area contributed by atoms with E-state index in [4.69, 9.17) is 5.11 Å². The summed E-state index contributed by atoms with van der Waals surface area (Å²) >= 11 is -0.119. The van der Waals surface area contributed by atoms with Crippen LogP contribution in [0.5, 0.6) is 0 Å². The number of hydrogen-bond donors (Lipinski definition) is 2. The summed E-state index contributed by atoms with van der Waals surface area (Å²) in [4.78, 5) is 0. The summed E-state index contributed by atoms with van der Waals surface area (Å²) in [6, 6.07) is 0. The van der Waals surface area contributed by atoms with Crippen LogP contribution >= 0.6 is 0 Å². The second-order valence-corrected chi connectivity index (χ2v) is 12.8. The van der Waals surface area contributed by atoms with Gasteiger partial charge >= 0.3 is 182 Å². The van der Waals surface area contributed by atoms with E-state index >= 15 is 0 Å². The average molecular weight is 489 g/mol. The van der Waals surface area contributed by atoms with Crippen molar-refractivity contribution >= 4 is 21.1 Å². The number of rotatable bonds is 22. The van der Waals surface area contributed by atoms with Crippen molar-refractivity contribution in [2.45, 2.75) is 144 Å². The Morgan fingerprint density at radius 3 is 1.41 bits per heavy atom. The molecule has 0 rings (SSSR count). The van der Waals surface area contributed by atoms with Gasteiger partial charge in [-0.1, -0.05) is 0 Å². The maximum atomic E-state index is 11.1. The molecular weight excluding hydrogens is 439 g/mol. The van der Waals surface area contributed by atoms with Crippen molar-refractivity contribution in [1.29, 1.82) is 0 Å². The Morgan fingerprint density at radius 2 is 0.963 bits per heavy atom. The number of aliphatic hydroxyl groups is 2. The Kier molecular flexibility index (Phi) is 22.0. The molecule has 0 atom stereocenters. The first-order valence-corrected chi connectivity index (χ1v) is 16.3. The minimum absolute atomic E-state index is 0.119. The zero-order valence-electron chi connectivity index (χ0n) is 18.7. The Labute approximate surface area is 181 Å². The molecule has 0 aromatic heterocycles. The molecule has 0 amide bonds. The van der Waals surface area contributed by atoms with Crippen LogP contribution in [0, 0.1) is 0 Å². The molecule has 0 spiro atoms. The molecule has 2 nitrogen and oxygen atoms in total. The molecule has 0 heterocycles. The van der Waals surface area contributed by atoms with Gasteiger partial charge in [0.05, 0.1) is 0 Å². The maximum absolute atomic E-state index is 11.1. The molecule has 3 heteroatoms. The fraction of sp³-hybridized carbons (Fsp3) is 1.00. The molecule has 27 heavy (non-hydrogen) atoms. The second-order valence-electron chi connectivity index (χ2n) is 8.54. The van der Waals surface area contributed by atoms with E-state index in [1.165, 1.54) is 98.8 Å². The van der Waals surface area contributed by atoms with Gasteiger partial charge in [0.15, 0.2) is 0 Å². The third kappa shape index (κ3) is 19.8. The van der Waals surface area contributed by atoms with Crippen LogP contribution in [-0.2, 0) is 0 Å².